The van der Waals surface area contributed by atoms with Crippen LogP contribution in [0.3, 0.4) is 0 Å². The fourth-order valence-corrected chi connectivity index (χ4v) is 2.77. The molecule has 1 N–H and O–H groups in total. The van der Waals surface area contributed by atoms with Gasteiger partial charge in [0.2, 0.25) is 5.78 Å². The number of carbonyl (C=O) groups excluding carboxylic acids is 3. The molecule has 0 spiro atoms. The number of methoxy groups -OCH3 is 1. The Hall–Kier alpha value is -3.15. The van der Waals surface area contributed by atoms with Crippen LogP contribution in [-0.4, -0.2) is 37.9 Å². The van der Waals surface area contributed by atoms with E-state index in [0.29, 0.717) is 16.9 Å². The maximum absolute atomic E-state index is 12.4. The number of hydrogen-bond acceptors (Lipinski definition) is 5. The van der Waals surface area contributed by atoms with E-state index in [1.54, 1.807) is 24.3 Å². The SMILES string of the molecule is COc1ccc(C(=O)NCC(=O)OCC(=O)c2cc(C)c(C)c(C)c2C)cc1. The number of ketones is 1. The van der Waals surface area contributed by atoms with E-state index in [1.807, 2.05) is 33.8 Å². The Kier molecular flexibility index (Phi) is 6.93. The van der Waals surface area contributed by atoms with E-state index in [2.05, 4.69) is 5.32 Å². The highest BCUT2D eigenvalue weighted by Gasteiger charge is 2.16. The number of nitrogens with one attached hydrogen (secondary N) is 1. The van der Waals surface area contributed by atoms with Gasteiger partial charge in [0.15, 0.2) is 6.61 Å². The third-order valence-electron chi connectivity index (χ3n) is 4.89. The lowest BCUT2D eigenvalue weighted by Gasteiger charge is -2.13. The lowest BCUT2D eigenvalue weighted by Crippen LogP contribution is -2.31. The number of aryl methyl sites for hydroxylation is 1. The molecule has 0 aromatic heterocycles. The van der Waals surface area contributed by atoms with E-state index in [1.165, 1.54) is 7.11 Å². The van der Waals surface area contributed by atoms with Crippen LogP contribution in [0, 0.1) is 27.7 Å². The molecule has 2 rings (SSSR count). The Labute approximate surface area is 164 Å². The fourth-order valence-electron chi connectivity index (χ4n) is 2.77. The van der Waals surface area contributed by atoms with Crippen molar-refractivity contribution in [1.29, 1.82) is 0 Å². The molecule has 0 aliphatic carbocycles. The van der Waals surface area contributed by atoms with Gasteiger partial charge in [-0.3, -0.25) is 14.4 Å². The molecule has 0 radical (unpaired) electrons. The number of rotatable bonds is 7. The number of esters is 1. The molecule has 1 amide bonds. The van der Waals surface area contributed by atoms with Crippen molar-refractivity contribution in [2.24, 2.45) is 0 Å². The Bertz CT molecular complexity index is 900. The van der Waals surface area contributed by atoms with Crippen LogP contribution in [0.5, 0.6) is 5.75 Å². The Morgan fingerprint density at radius 2 is 1.57 bits per heavy atom. The molecule has 0 bridgehead atoms. The summed E-state index contributed by atoms with van der Waals surface area (Å²) in [4.78, 5) is 36.3. The third-order valence-corrected chi connectivity index (χ3v) is 4.89. The third kappa shape index (κ3) is 4.97. The van der Waals surface area contributed by atoms with E-state index in [9.17, 15) is 14.4 Å². The van der Waals surface area contributed by atoms with Crippen LogP contribution in [-0.2, 0) is 9.53 Å². The molecule has 2 aromatic carbocycles. The van der Waals surface area contributed by atoms with Gasteiger partial charge in [-0.25, -0.2) is 0 Å². The van der Waals surface area contributed by atoms with Gasteiger partial charge in [0.05, 0.1) is 7.11 Å². The van der Waals surface area contributed by atoms with Gasteiger partial charge in [-0.15, -0.1) is 0 Å². The summed E-state index contributed by atoms with van der Waals surface area (Å²) >= 11 is 0. The zero-order chi connectivity index (χ0) is 20.8. The lowest BCUT2D eigenvalue weighted by molar-refractivity contribution is -0.141. The minimum absolute atomic E-state index is 0.265. The molecule has 148 valence electrons. The van der Waals surface area contributed by atoms with Gasteiger partial charge in [0.1, 0.15) is 12.3 Å². The first-order valence-electron chi connectivity index (χ1n) is 8.93. The standard InChI is InChI=1S/C22H25NO5/c1-13-10-19(16(4)15(3)14(13)2)20(24)12-28-21(25)11-23-22(26)17-6-8-18(27-5)9-7-17/h6-10H,11-12H2,1-5H3,(H,23,26). The molecule has 6 heteroatoms. The van der Waals surface area contributed by atoms with E-state index >= 15 is 0 Å². The van der Waals surface area contributed by atoms with Crippen molar-refractivity contribution in [3.8, 4) is 5.75 Å². The monoisotopic (exact) mass is 383 g/mol. The molecule has 0 aliphatic heterocycles. The molecule has 28 heavy (non-hydrogen) atoms. The van der Waals surface area contributed by atoms with Crippen LogP contribution in [0.1, 0.15) is 43.0 Å². The van der Waals surface area contributed by atoms with Gasteiger partial charge in [-0.05, 0) is 80.3 Å². The maximum Gasteiger partial charge on any atom is 0.325 e. The molecule has 2 aromatic rings. The van der Waals surface area contributed by atoms with Crippen molar-refractivity contribution in [2.45, 2.75) is 27.7 Å². The van der Waals surface area contributed by atoms with Crippen molar-refractivity contribution in [3.63, 3.8) is 0 Å². The molecule has 0 saturated heterocycles. The second-order valence-electron chi connectivity index (χ2n) is 6.61. The number of Topliss-reactive ketones (excluding diaryl/α,β-unsaturated/α-hetero) is 1. The number of carbonyl (C=O) groups is 3. The Morgan fingerprint density at radius 3 is 2.18 bits per heavy atom. The van der Waals surface area contributed by atoms with Crippen LogP contribution in [0.15, 0.2) is 30.3 Å². The maximum atomic E-state index is 12.4. The Balaban J connectivity index is 1.88. The van der Waals surface area contributed by atoms with E-state index in [0.717, 1.165) is 22.3 Å². The predicted molar refractivity (Wildman–Crippen MR) is 106 cm³/mol. The van der Waals surface area contributed by atoms with Gasteiger partial charge in [-0.2, -0.15) is 0 Å². The van der Waals surface area contributed by atoms with Crippen molar-refractivity contribution >= 4 is 17.7 Å². The second-order valence-corrected chi connectivity index (χ2v) is 6.61. The minimum Gasteiger partial charge on any atom is -0.497 e. The van der Waals surface area contributed by atoms with Crippen LogP contribution >= 0.6 is 0 Å². The highest BCUT2D eigenvalue weighted by molar-refractivity contribution is 6.00. The average molecular weight is 383 g/mol. The van der Waals surface area contributed by atoms with Gasteiger partial charge in [0, 0.05) is 11.1 Å². The summed E-state index contributed by atoms with van der Waals surface area (Å²) in [5.74, 6) is -0.718. The van der Waals surface area contributed by atoms with Gasteiger partial charge in [-0.1, -0.05) is 0 Å². The zero-order valence-electron chi connectivity index (χ0n) is 16.8. The smallest absolute Gasteiger partial charge is 0.325 e. The molecule has 0 saturated carbocycles. The van der Waals surface area contributed by atoms with Crippen molar-refractivity contribution in [1.82, 2.24) is 5.32 Å². The summed E-state index contributed by atoms with van der Waals surface area (Å²) in [6.07, 6.45) is 0. The normalized spacial score (nSPS) is 10.3. The minimum atomic E-state index is -0.673. The first-order valence-corrected chi connectivity index (χ1v) is 8.93. The van der Waals surface area contributed by atoms with Gasteiger partial charge < -0.3 is 14.8 Å². The van der Waals surface area contributed by atoms with E-state index in [-0.39, 0.29) is 18.9 Å². The summed E-state index contributed by atoms with van der Waals surface area (Å²) < 4.78 is 10.1. The van der Waals surface area contributed by atoms with Crippen molar-refractivity contribution in [3.05, 3.63) is 63.7 Å². The summed E-state index contributed by atoms with van der Waals surface area (Å²) in [6.45, 7) is 7.13. The van der Waals surface area contributed by atoms with Crippen molar-refractivity contribution in [2.75, 3.05) is 20.3 Å². The summed E-state index contributed by atoms with van der Waals surface area (Å²) in [7, 11) is 1.53. The van der Waals surface area contributed by atoms with Crippen LogP contribution in [0.4, 0.5) is 0 Å². The number of ether oxygens (including phenoxy) is 2. The zero-order valence-corrected chi connectivity index (χ0v) is 16.8. The summed E-state index contributed by atoms with van der Waals surface area (Å²) in [6, 6.07) is 8.31. The largest absolute Gasteiger partial charge is 0.497 e. The number of hydrogen-bond donors (Lipinski definition) is 1. The van der Waals surface area contributed by atoms with Crippen molar-refractivity contribution < 1.29 is 23.9 Å². The quantitative estimate of drug-likeness (QED) is 0.587. The van der Waals surface area contributed by atoms with Gasteiger partial charge in [0.25, 0.3) is 5.91 Å². The van der Waals surface area contributed by atoms with Crippen LogP contribution < -0.4 is 10.1 Å². The lowest BCUT2D eigenvalue weighted by atomic mass is 9.93. The summed E-state index contributed by atoms with van der Waals surface area (Å²) in [5, 5.41) is 2.47. The topological polar surface area (TPSA) is 81.7 Å². The Morgan fingerprint density at radius 1 is 0.929 bits per heavy atom. The molecule has 0 aliphatic rings. The second kappa shape index (κ2) is 9.17. The first-order chi connectivity index (χ1) is 13.2. The van der Waals surface area contributed by atoms with Crippen LogP contribution in [0.25, 0.3) is 0 Å². The molecule has 0 unspecified atom stereocenters. The van der Waals surface area contributed by atoms with Gasteiger partial charge >= 0.3 is 5.97 Å². The highest BCUT2D eigenvalue weighted by Crippen LogP contribution is 2.21. The average Bonchev–Trinajstić information content (AvgIpc) is 2.71. The molecular formula is C22H25NO5. The molecular weight excluding hydrogens is 358 g/mol. The first kappa shape index (κ1) is 21.2. The van der Waals surface area contributed by atoms with E-state index in [4.69, 9.17) is 9.47 Å². The summed E-state index contributed by atoms with van der Waals surface area (Å²) in [5.41, 5.74) is 5.05. The highest BCUT2D eigenvalue weighted by atomic mass is 16.5. The molecule has 6 nitrogen and oxygen atoms in total. The predicted octanol–water partition coefficient (Wildman–Crippen LogP) is 3.08. The number of benzene rings is 2. The number of amides is 1. The van der Waals surface area contributed by atoms with E-state index < -0.39 is 11.9 Å². The van der Waals surface area contributed by atoms with Crippen LogP contribution in [0.2, 0.25) is 0 Å². The molecule has 0 atom stereocenters. The fraction of sp³-hybridized carbons (Fsp3) is 0.318. The molecule has 0 heterocycles. The molecule has 0 fully saturated rings.